The Kier molecular flexibility index (Phi) is 6.69. The molecule has 1 saturated carbocycles. The van der Waals surface area contributed by atoms with Gasteiger partial charge < -0.3 is 4.74 Å². The number of hydrogen-bond donors (Lipinski definition) is 1. The summed E-state index contributed by atoms with van der Waals surface area (Å²) in [7, 11) is 1.73. The van der Waals surface area contributed by atoms with E-state index in [9.17, 15) is 19.2 Å². The van der Waals surface area contributed by atoms with Crippen molar-refractivity contribution >= 4 is 28.8 Å². The molecule has 0 bridgehead atoms. The molecule has 0 spiro atoms. The molecular weight excluding hydrogens is 434 g/mol. The van der Waals surface area contributed by atoms with Crippen LogP contribution in [0.1, 0.15) is 89.7 Å². The maximum absolute atomic E-state index is 13.0. The molecule has 1 atom stereocenters. The van der Waals surface area contributed by atoms with Crippen LogP contribution in [-0.4, -0.2) is 32.5 Å². The fraction of sp³-hybridized carbons (Fsp3) is 0.615. The van der Waals surface area contributed by atoms with Crippen molar-refractivity contribution < 1.29 is 19.1 Å². The van der Waals surface area contributed by atoms with Gasteiger partial charge in [0.15, 0.2) is 0 Å². The second kappa shape index (κ2) is 9.39. The van der Waals surface area contributed by atoms with E-state index >= 15 is 0 Å². The molecule has 1 aromatic heterocycles. The van der Waals surface area contributed by atoms with Gasteiger partial charge in [-0.1, -0.05) is 6.07 Å². The number of nitrogens with zero attached hydrogens (tertiary/aromatic N) is 2. The summed E-state index contributed by atoms with van der Waals surface area (Å²) >= 11 is 0. The van der Waals surface area contributed by atoms with Gasteiger partial charge >= 0.3 is 11.7 Å². The fourth-order valence-electron chi connectivity index (χ4n) is 5.36. The van der Waals surface area contributed by atoms with E-state index in [-0.39, 0.29) is 24.0 Å². The van der Waals surface area contributed by atoms with Crippen molar-refractivity contribution in [2.45, 2.75) is 89.7 Å². The molecule has 4 rings (SSSR count). The summed E-state index contributed by atoms with van der Waals surface area (Å²) in [5.74, 6) is 0.112. The van der Waals surface area contributed by atoms with Crippen molar-refractivity contribution in [3.63, 3.8) is 0 Å². The Balaban J connectivity index is 1.44. The van der Waals surface area contributed by atoms with E-state index in [1.54, 1.807) is 11.6 Å². The molecule has 2 aromatic rings. The van der Waals surface area contributed by atoms with Crippen molar-refractivity contribution in [2.24, 2.45) is 13.0 Å². The number of piperidine rings is 1. The third-order valence-corrected chi connectivity index (χ3v) is 7.13. The van der Waals surface area contributed by atoms with Gasteiger partial charge in [0.05, 0.1) is 11.0 Å². The monoisotopic (exact) mass is 469 g/mol. The van der Waals surface area contributed by atoms with Gasteiger partial charge in [0.2, 0.25) is 11.8 Å². The molecule has 8 nitrogen and oxygen atoms in total. The Morgan fingerprint density at radius 2 is 1.76 bits per heavy atom. The summed E-state index contributed by atoms with van der Waals surface area (Å²) in [6.45, 7) is 5.67. The first kappa shape index (κ1) is 24.2. The van der Waals surface area contributed by atoms with Gasteiger partial charge in [0, 0.05) is 19.9 Å². The quantitative estimate of drug-likeness (QED) is 0.532. The number of imidazole rings is 1. The highest BCUT2D eigenvalue weighted by Crippen LogP contribution is 2.38. The summed E-state index contributed by atoms with van der Waals surface area (Å²) in [5.41, 5.74) is 2.04. The predicted octanol–water partition coefficient (Wildman–Crippen LogP) is 3.71. The minimum absolute atomic E-state index is 0.124. The molecule has 2 heterocycles. The van der Waals surface area contributed by atoms with Crippen LogP contribution in [0.25, 0.3) is 11.0 Å². The van der Waals surface area contributed by atoms with E-state index in [4.69, 9.17) is 4.74 Å². The number of ether oxygens (including phenoxy) is 1. The maximum Gasteiger partial charge on any atom is 0.329 e. The normalized spacial score (nSPS) is 23.7. The molecule has 2 amide bonds. The van der Waals surface area contributed by atoms with Crippen molar-refractivity contribution in [3.8, 4) is 0 Å². The third kappa shape index (κ3) is 5.10. The van der Waals surface area contributed by atoms with Crippen LogP contribution >= 0.6 is 0 Å². The van der Waals surface area contributed by atoms with Crippen molar-refractivity contribution in [3.05, 3.63) is 34.2 Å². The van der Waals surface area contributed by atoms with Gasteiger partial charge in [-0.05, 0) is 88.8 Å². The molecule has 8 heteroatoms. The molecule has 2 aliphatic rings. The number of carbonyl (C=O) groups is 3. The zero-order valence-electron chi connectivity index (χ0n) is 20.6. The van der Waals surface area contributed by atoms with E-state index in [0.29, 0.717) is 24.7 Å². The maximum atomic E-state index is 13.0. The molecule has 1 aromatic carbocycles. The van der Waals surface area contributed by atoms with Crippen molar-refractivity contribution in [1.82, 2.24) is 14.5 Å². The Labute approximate surface area is 199 Å². The first-order chi connectivity index (χ1) is 16.0. The van der Waals surface area contributed by atoms with E-state index in [0.717, 1.165) is 43.1 Å². The van der Waals surface area contributed by atoms with Crippen LogP contribution in [0.4, 0.5) is 0 Å². The summed E-state index contributed by atoms with van der Waals surface area (Å²) in [6.07, 6.45) is 6.13. The van der Waals surface area contributed by atoms with Crippen LogP contribution < -0.4 is 11.0 Å². The number of rotatable bonds is 5. The van der Waals surface area contributed by atoms with E-state index in [1.807, 2.05) is 26.8 Å². The zero-order valence-corrected chi connectivity index (χ0v) is 20.6. The smallest absolute Gasteiger partial charge is 0.329 e. The number of esters is 1. The lowest BCUT2D eigenvalue weighted by Gasteiger charge is -2.29. The third-order valence-electron chi connectivity index (χ3n) is 7.13. The number of fused-ring (bicyclic) bond motifs is 1. The lowest BCUT2D eigenvalue weighted by atomic mass is 9.77. The number of aromatic nitrogens is 2. The molecule has 1 aliphatic carbocycles. The molecule has 184 valence electrons. The minimum atomic E-state index is -0.667. The van der Waals surface area contributed by atoms with Crippen LogP contribution in [0.2, 0.25) is 0 Å². The number of nitrogens with one attached hydrogen (secondary N) is 1. The molecule has 1 aliphatic heterocycles. The van der Waals surface area contributed by atoms with Crippen LogP contribution in [0, 0.1) is 5.92 Å². The predicted molar refractivity (Wildman–Crippen MR) is 128 cm³/mol. The Morgan fingerprint density at radius 1 is 1.06 bits per heavy atom. The topological polar surface area (TPSA) is 99.4 Å². The lowest BCUT2D eigenvalue weighted by Crippen LogP contribution is -2.44. The van der Waals surface area contributed by atoms with Crippen LogP contribution in [-0.2, 0) is 26.2 Å². The Hall–Kier alpha value is -2.90. The highest BCUT2D eigenvalue weighted by atomic mass is 16.6. The molecule has 1 N–H and O–H groups in total. The summed E-state index contributed by atoms with van der Waals surface area (Å²) in [6, 6.07) is 5.41. The highest BCUT2D eigenvalue weighted by molar-refractivity contribution is 6.00. The van der Waals surface area contributed by atoms with Gasteiger partial charge in [-0.25, -0.2) is 4.79 Å². The van der Waals surface area contributed by atoms with E-state index in [2.05, 4.69) is 17.4 Å². The Morgan fingerprint density at radius 3 is 2.41 bits per heavy atom. The van der Waals surface area contributed by atoms with Crippen LogP contribution in [0.5, 0.6) is 0 Å². The molecule has 1 saturated heterocycles. The molecule has 34 heavy (non-hydrogen) atoms. The number of carbonyl (C=O) groups excluding carboxylic acids is 3. The molecule has 1 unspecified atom stereocenters. The van der Waals surface area contributed by atoms with E-state index in [1.165, 1.54) is 10.1 Å². The van der Waals surface area contributed by atoms with Gasteiger partial charge in [-0.15, -0.1) is 0 Å². The summed E-state index contributed by atoms with van der Waals surface area (Å²) < 4.78 is 8.54. The second-order valence-corrected chi connectivity index (χ2v) is 10.8. The molecule has 2 fully saturated rings. The number of amides is 2. The van der Waals surface area contributed by atoms with E-state index < -0.39 is 17.6 Å². The molecular formula is C26H35N3O5. The first-order valence-corrected chi connectivity index (χ1v) is 12.3. The second-order valence-electron chi connectivity index (χ2n) is 10.8. The number of aryl methyl sites for hydroxylation is 1. The first-order valence-electron chi connectivity index (χ1n) is 12.3. The average Bonchev–Trinajstić information content (AvgIpc) is 3.01. The van der Waals surface area contributed by atoms with Gasteiger partial charge in [-0.3, -0.25) is 28.8 Å². The fourth-order valence-corrected chi connectivity index (χ4v) is 5.36. The lowest BCUT2D eigenvalue weighted by molar-refractivity contribution is -0.155. The van der Waals surface area contributed by atoms with Crippen molar-refractivity contribution in [1.29, 1.82) is 0 Å². The minimum Gasteiger partial charge on any atom is -0.460 e. The van der Waals surface area contributed by atoms with Crippen LogP contribution in [0.3, 0.4) is 0 Å². The summed E-state index contributed by atoms with van der Waals surface area (Å²) in [5, 5.41) is 2.35. The molecule has 0 radical (unpaired) electrons. The van der Waals surface area contributed by atoms with Gasteiger partial charge in [0.1, 0.15) is 11.6 Å². The number of imide groups is 1. The number of benzene rings is 1. The zero-order chi connectivity index (χ0) is 24.6. The van der Waals surface area contributed by atoms with Gasteiger partial charge in [0.25, 0.3) is 0 Å². The SMILES string of the molecule is Cn1c(=O)n(C2CCC(=O)NC2=O)c2ccc([C@H]3CC[C@H](CCC(=O)OC(C)(C)C)CC3)cc21. The highest BCUT2D eigenvalue weighted by Gasteiger charge is 2.31. The Bertz CT molecular complexity index is 1160. The standard InChI is InChI=1S/C26H35N3O5/c1-26(2,3)34-23(31)14-7-16-5-8-17(9-6-16)18-10-11-19-21(15-18)28(4)25(33)29(19)20-12-13-22(30)27-24(20)32/h10-11,15-17,20H,5-9,12-14H2,1-4H3,(H,27,30,32)/t16-,17-,20?. The largest absolute Gasteiger partial charge is 0.460 e. The average molecular weight is 470 g/mol. The van der Waals surface area contributed by atoms with Gasteiger partial charge in [-0.2, -0.15) is 0 Å². The van der Waals surface area contributed by atoms with Crippen LogP contribution in [0.15, 0.2) is 23.0 Å². The van der Waals surface area contributed by atoms with Crippen molar-refractivity contribution in [2.75, 3.05) is 0 Å². The number of hydrogen-bond acceptors (Lipinski definition) is 5. The summed E-state index contributed by atoms with van der Waals surface area (Å²) in [4.78, 5) is 48.9.